The number of carbonyl (C=O) groups is 1. The predicted octanol–water partition coefficient (Wildman–Crippen LogP) is 3.41. The third-order valence-electron chi connectivity index (χ3n) is 3.01. The number of ether oxygens (including phenoxy) is 1. The molecule has 0 heterocycles. The first kappa shape index (κ1) is 15.4. The van der Waals surface area contributed by atoms with Gasteiger partial charge in [-0.1, -0.05) is 41.9 Å². The molecule has 5 heteroatoms. The van der Waals surface area contributed by atoms with Gasteiger partial charge in [0.05, 0.1) is 30.3 Å². The van der Waals surface area contributed by atoms with E-state index in [1.54, 1.807) is 37.4 Å². The number of amides is 1. The molecular weight excluding hydrogens is 290 g/mol. The van der Waals surface area contributed by atoms with Gasteiger partial charge in [-0.05, 0) is 17.7 Å². The Labute approximate surface area is 128 Å². The van der Waals surface area contributed by atoms with Crippen LogP contribution in [0.5, 0.6) is 5.75 Å². The Morgan fingerprint density at radius 3 is 2.62 bits per heavy atom. The first-order chi connectivity index (χ1) is 10.1. The van der Waals surface area contributed by atoms with Crippen LogP contribution in [0.3, 0.4) is 0 Å². The second-order valence-corrected chi connectivity index (χ2v) is 4.93. The lowest BCUT2D eigenvalue weighted by Gasteiger charge is -2.12. The van der Waals surface area contributed by atoms with E-state index in [0.717, 1.165) is 0 Å². The quantitative estimate of drug-likeness (QED) is 0.890. The fourth-order valence-corrected chi connectivity index (χ4v) is 2.11. The van der Waals surface area contributed by atoms with E-state index in [9.17, 15) is 9.90 Å². The van der Waals surface area contributed by atoms with Crippen molar-refractivity contribution in [3.63, 3.8) is 0 Å². The lowest BCUT2D eigenvalue weighted by molar-refractivity contribution is -0.118. The third-order valence-corrected chi connectivity index (χ3v) is 3.33. The summed E-state index contributed by atoms with van der Waals surface area (Å²) in [5.41, 5.74) is 1.19. The molecule has 0 spiro atoms. The summed E-state index contributed by atoms with van der Waals surface area (Å²) in [5.74, 6) is 0.306. The van der Waals surface area contributed by atoms with Crippen LogP contribution in [0, 0.1) is 0 Å². The number of nitrogens with one attached hydrogen (secondary N) is 1. The van der Waals surface area contributed by atoms with Crippen LogP contribution < -0.4 is 10.1 Å². The van der Waals surface area contributed by atoms with Crippen molar-refractivity contribution in [2.45, 2.75) is 12.5 Å². The Bertz CT molecular complexity index is 616. The summed E-state index contributed by atoms with van der Waals surface area (Å²) in [4.78, 5) is 11.9. The van der Waals surface area contributed by atoms with E-state index < -0.39 is 6.10 Å². The number of anilines is 1. The minimum absolute atomic E-state index is 0.0353. The zero-order valence-corrected chi connectivity index (χ0v) is 12.3. The van der Waals surface area contributed by atoms with Gasteiger partial charge in [-0.15, -0.1) is 0 Å². The molecule has 0 aliphatic rings. The Kier molecular flexibility index (Phi) is 5.20. The normalized spacial score (nSPS) is 11.8. The monoisotopic (exact) mass is 305 g/mol. The minimum Gasteiger partial charge on any atom is -0.497 e. The minimum atomic E-state index is -0.844. The Hall–Kier alpha value is -2.04. The van der Waals surface area contributed by atoms with Gasteiger partial charge in [0.25, 0.3) is 0 Å². The molecule has 2 aromatic carbocycles. The second-order valence-electron chi connectivity index (χ2n) is 4.52. The van der Waals surface area contributed by atoms with E-state index in [4.69, 9.17) is 16.3 Å². The highest BCUT2D eigenvalue weighted by Gasteiger charge is 2.14. The molecule has 110 valence electrons. The molecule has 1 unspecified atom stereocenters. The standard InChI is InChI=1S/C16H16ClNO3/c1-21-12-7-8-14(13(17)9-12)18-16(20)10-15(19)11-5-3-2-4-6-11/h2-9,15,19H,10H2,1H3,(H,18,20). The number of carbonyl (C=O) groups excluding carboxylic acids is 1. The fourth-order valence-electron chi connectivity index (χ4n) is 1.89. The molecule has 0 aliphatic heterocycles. The average molecular weight is 306 g/mol. The molecule has 2 rings (SSSR count). The van der Waals surface area contributed by atoms with Crippen molar-refractivity contribution < 1.29 is 14.6 Å². The van der Waals surface area contributed by atoms with Crippen LogP contribution in [0.15, 0.2) is 48.5 Å². The molecule has 21 heavy (non-hydrogen) atoms. The van der Waals surface area contributed by atoms with E-state index in [1.807, 2.05) is 18.2 Å². The number of rotatable bonds is 5. The topological polar surface area (TPSA) is 58.6 Å². The van der Waals surface area contributed by atoms with Crippen molar-refractivity contribution in [3.8, 4) is 5.75 Å². The van der Waals surface area contributed by atoms with E-state index in [2.05, 4.69) is 5.32 Å². The molecule has 4 nitrogen and oxygen atoms in total. The smallest absolute Gasteiger partial charge is 0.227 e. The van der Waals surface area contributed by atoms with Gasteiger partial charge in [0.2, 0.25) is 5.91 Å². The lowest BCUT2D eigenvalue weighted by Crippen LogP contribution is -2.15. The third kappa shape index (κ3) is 4.21. The zero-order chi connectivity index (χ0) is 15.2. The summed E-state index contributed by atoms with van der Waals surface area (Å²) >= 11 is 6.05. The van der Waals surface area contributed by atoms with Gasteiger partial charge in [-0.25, -0.2) is 0 Å². The van der Waals surface area contributed by atoms with Crippen LogP contribution in [0.2, 0.25) is 5.02 Å². The molecule has 1 atom stereocenters. The highest BCUT2D eigenvalue weighted by molar-refractivity contribution is 6.33. The van der Waals surface area contributed by atoms with Gasteiger partial charge >= 0.3 is 0 Å². The number of hydrogen-bond acceptors (Lipinski definition) is 3. The van der Waals surface area contributed by atoms with Crippen LogP contribution in [0.1, 0.15) is 18.1 Å². The van der Waals surface area contributed by atoms with Crippen molar-refractivity contribution in [1.82, 2.24) is 0 Å². The van der Waals surface area contributed by atoms with Crippen LogP contribution in [-0.2, 0) is 4.79 Å². The predicted molar refractivity (Wildman–Crippen MR) is 82.7 cm³/mol. The van der Waals surface area contributed by atoms with Crippen molar-refractivity contribution in [2.75, 3.05) is 12.4 Å². The Balaban J connectivity index is 1.99. The van der Waals surface area contributed by atoms with E-state index in [0.29, 0.717) is 22.0 Å². The molecule has 0 saturated heterocycles. The number of hydrogen-bond donors (Lipinski definition) is 2. The summed E-state index contributed by atoms with van der Waals surface area (Å²) in [6.07, 6.45) is -0.880. The molecule has 0 fully saturated rings. The van der Waals surface area contributed by atoms with Crippen LogP contribution in [-0.4, -0.2) is 18.1 Å². The van der Waals surface area contributed by atoms with Gasteiger partial charge in [-0.2, -0.15) is 0 Å². The van der Waals surface area contributed by atoms with Gasteiger partial charge in [0.1, 0.15) is 5.75 Å². The number of aliphatic hydroxyl groups excluding tert-OH is 1. The van der Waals surface area contributed by atoms with Gasteiger partial charge < -0.3 is 15.2 Å². The maximum Gasteiger partial charge on any atom is 0.227 e. The van der Waals surface area contributed by atoms with E-state index in [-0.39, 0.29) is 12.3 Å². The number of benzene rings is 2. The molecule has 1 amide bonds. The second kappa shape index (κ2) is 7.11. The molecule has 2 aromatic rings. The van der Waals surface area contributed by atoms with Crippen molar-refractivity contribution in [3.05, 3.63) is 59.1 Å². The van der Waals surface area contributed by atoms with E-state index >= 15 is 0 Å². The highest BCUT2D eigenvalue weighted by Crippen LogP contribution is 2.27. The molecular formula is C16H16ClNO3. The molecule has 0 saturated carbocycles. The molecule has 0 radical (unpaired) electrons. The van der Waals surface area contributed by atoms with Crippen LogP contribution in [0.25, 0.3) is 0 Å². The lowest BCUT2D eigenvalue weighted by atomic mass is 10.1. The molecule has 2 N–H and O–H groups in total. The first-order valence-corrected chi connectivity index (χ1v) is 6.84. The number of halogens is 1. The summed E-state index contributed by atoms with van der Waals surface area (Å²) in [6.45, 7) is 0. The summed E-state index contributed by atoms with van der Waals surface area (Å²) in [6, 6.07) is 14.0. The fraction of sp³-hybridized carbons (Fsp3) is 0.188. The number of aliphatic hydroxyl groups is 1. The zero-order valence-electron chi connectivity index (χ0n) is 11.5. The molecule has 0 aromatic heterocycles. The molecule has 0 aliphatic carbocycles. The van der Waals surface area contributed by atoms with Gasteiger partial charge in [0.15, 0.2) is 0 Å². The van der Waals surface area contributed by atoms with Crippen LogP contribution >= 0.6 is 11.6 Å². The van der Waals surface area contributed by atoms with Gasteiger partial charge in [-0.3, -0.25) is 4.79 Å². The maximum absolute atomic E-state index is 11.9. The Morgan fingerprint density at radius 2 is 2.00 bits per heavy atom. The van der Waals surface area contributed by atoms with Gasteiger partial charge in [0, 0.05) is 6.07 Å². The summed E-state index contributed by atoms with van der Waals surface area (Å²) < 4.78 is 5.04. The van der Waals surface area contributed by atoms with Crippen molar-refractivity contribution in [1.29, 1.82) is 0 Å². The van der Waals surface area contributed by atoms with Crippen molar-refractivity contribution in [2.24, 2.45) is 0 Å². The number of methoxy groups -OCH3 is 1. The van der Waals surface area contributed by atoms with Crippen LogP contribution in [0.4, 0.5) is 5.69 Å². The van der Waals surface area contributed by atoms with Crippen molar-refractivity contribution >= 4 is 23.2 Å². The highest BCUT2D eigenvalue weighted by atomic mass is 35.5. The van der Waals surface area contributed by atoms with E-state index in [1.165, 1.54) is 0 Å². The summed E-state index contributed by atoms with van der Waals surface area (Å²) in [5, 5.41) is 13.1. The first-order valence-electron chi connectivity index (χ1n) is 6.46. The Morgan fingerprint density at radius 1 is 1.29 bits per heavy atom. The largest absolute Gasteiger partial charge is 0.497 e. The molecule has 0 bridgehead atoms. The average Bonchev–Trinajstić information content (AvgIpc) is 2.50. The summed E-state index contributed by atoms with van der Waals surface area (Å²) in [7, 11) is 1.54. The maximum atomic E-state index is 11.9. The SMILES string of the molecule is COc1ccc(NC(=O)CC(O)c2ccccc2)c(Cl)c1.